The van der Waals surface area contributed by atoms with Crippen LogP contribution in [0.15, 0.2) is 36.4 Å². The summed E-state index contributed by atoms with van der Waals surface area (Å²) >= 11 is 0. The Morgan fingerprint density at radius 3 is 2.50 bits per heavy atom. The number of aryl methyl sites for hydroxylation is 1. The number of carbonyl (C=O) groups excluding carboxylic acids is 1. The van der Waals surface area contributed by atoms with Gasteiger partial charge < -0.3 is 10.4 Å². The number of amides is 1. The van der Waals surface area contributed by atoms with E-state index in [2.05, 4.69) is 5.32 Å². The van der Waals surface area contributed by atoms with E-state index >= 15 is 0 Å². The second-order valence-corrected chi connectivity index (χ2v) is 4.99. The highest BCUT2D eigenvalue weighted by Gasteiger charge is 2.34. The third kappa shape index (κ3) is 3.07. The van der Waals surface area contributed by atoms with Crippen molar-refractivity contribution in [2.75, 3.05) is 5.32 Å². The summed E-state index contributed by atoms with van der Waals surface area (Å²) in [6.45, 7) is 2.02. The quantitative estimate of drug-likeness (QED) is 0.829. The Labute approximate surface area is 118 Å². The zero-order valence-corrected chi connectivity index (χ0v) is 11.5. The molecule has 0 aliphatic heterocycles. The Morgan fingerprint density at radius 1 is 1.20 bits per heavy atom. The summed E-state index contributed by atoms with van der Waals surface area (Å²) in [7, 11) is 0. The first-order valence-corrected chi connectivity index (χ1v) is 6.90. The average Bonchev–Trinajstić information content (AvgIpc) is 2.47. The van der Waals surface area contributed by atoms with E-state index < -0.39 is 17.8 Å². The lowest BCUT2D eigenvalue weighted by atomic mass is 9.82. The second kappa shape index (κ2) is 6.37. The number of carboxylic acid groups (broad SMARTS) is 1. The molecular formula is C16H19NO3. The van der Waals surface area contributed by atoms with Crippen LogP contribution in [0.5, 0.6) is 0 Å². The maximum Gasteiger partial charge on any atom is 0.307 e. The predicted octanol–water partition coefficient (Wildman–Crippen LogP) is 2.85. The summed E-state index contributed by atoms with van der Waals surface area (Å²) in [5.74, 6) is -2.24. The van der Waals surface area contributed by atoms with Gasteiger partial charge in [0.15, 0.2) is 0 Å². The van der Waals surface area contributed by atoms with Gasteiger partial charge in [0.1, 0.15) is 0 Å². The SMILES string of the molecule is CCc1ccccc1NC(=O)C1CC=CCC1C(=O)O. The summed E-state index contributed by atoms with van der Waals surface area (Å²) in [6.07, 6.45) is 5.45. The van der Waals surface area contributed by atoms with E-state index in [1.54, 1.807) is 0 Å². The van der Waals surface area contributed by atoms with Crippen LogP contribution in [0.1, 0.15) is 25.3 Å². The van der Waals surface area contributed by atoms with Crippen LogP contribution in [-0.4, -0.2) is 17.0 Å². The lowest BCUT2D eigenvalue weighted by Gasteiger charge is -2.24. The monoisotopic (exact) mass is 273 g/mol. The molecule has 1 aliphatic rings. The highest BCUT2D eigenvalue weighted by Crippen LogP contribution is 2.27. The fourth-order valence-electron chi connectivity index (χ4n) is 2.55. The molecule has 1 aromatic rings. The maximum absolute atomic E-state index is 12.3. The topological polar surface area (TPSA) is 66.4 Å². The van der Waals surface area contributed by atoms with Crippen LogP contribution in [-0.2, 0) is 16.0 Å². The largest absolute Gasteiger partial charge is 0.481 e. The first-order chi connectivity index (χ1) is 9.63. The molecule has 0 saturated heterocycles. The number of para-hydroxylation sites is 1. The van der Waals surface area contributed by atoms with Crippen molar-refractivity contribution in [2.45, 2.75) is 26.2 Å². The number of hydrogen-bond acceptors (Lipinski definition) is 2. The number of anilines is 1. The van der Waals surface area contributed by atoms with Crippen LogP contribution in [0.2, 0.25) is 0 Å². The van der Waals surface area contributed by atoms with Gasteiger partial charge >= 0.3 is 5.97 Å². The van der Waals surface area contributed by atoms with Gasteiger partial charge in [-0.05, 0) is 30.9 Å². The van der Waals surface area contributed by atoms with Gasteiger partial charge in [-0.2, -0.15) is 0 Å². The zero-order chi connectivity index (χ0) is 14.5. The number of carboxylic acids is 1. The molecule has 2 rings (SSSR count). The van der Waals surface area contributed by atoms with Gasteiger partial charge in [0.05, 0.1) is 11.8 Å². The molecule has 1 aliphatic carbocycles. The molecule has 0 bridgehead atoms. The molecule has 0 heterocycles. The van der Waals surface area contributed by atoms with Gasteiger partial charge in [-0.25, -0.2) is 0 Å². The Bertz CT molecular complexity index is 536. The lowest BCUT2D eigenvalue weighted by Crippen LogP contribution is -2.34. The van der Waals surface area contributed by atoms with Crippen molar-refractivity contribution in [2.24, 2.45) is 11.8 Å². The van der Waals surface area contributed by atoms with E-state index in [4.69, 9.17) is 0 Å². The van der Waals surface area contributed by atoms with Crippen molar-refractivity contribution in [3.8, 4) is 0 Å². The second-order valence-electron chi connectivity index (χ2n) is 4.99. The smallest absolute Gasteiger partial charge is 0.307 e. The van der Waals surface area contributed by atoms with Gasteiger partial charge in [-0.3, -0.25) is 9.59 Å². The first-order valence-electron chi connectivity index (χ1n) is 6.90. The van der Waals surface area contributed by atoms with Crippen LogP contribution in [0, 0.1) is 11.8 Å². The van der Waals surface area contributed by atoms with Crippen molar-refractivity contribution in [1.82, 2.24) is 0 Å². The van der Waals surface area contributed by atoms with Gasteiger partial charge in [-0.1, -0.05) is 37.3 Å². The minimum Gasteiger partial charge on any atom is -0.481 e. The van der Waals surface area contributed by atoms with Gasteiger partial charge in [0, 0.05) is 5.69 Å². The third-order valence-electron chi connectivity index (χ3n) is 3.74. The molecule has 0 aromatic heterocycles. The normalized spacial score (nSPS) is 21.4. The third-order valence-corrected chi connectivity index (χ3v) is 3.74. The van der Waals surface area contributed by atoms with Crippen molar-refractivity contribution in [1.29, 1.82) is 0 Å². The van der Waals surface area contributed by atoms with E-state index in [-0.39, 0.29) is 5.91 Å². The summed E-state index contributed by atoms with van der Waals surface area (Å²) in [5, 5.41) is 12.1. The Kier molecular flexibility index (Phi) is 4.56. The number of carbonyl (C=O) groups is 2. The minimum atomic E-state index is -0.904. The molecule has 2 unspecified atom stereocenters. The molecule has 0 saturated carbocycles. The number of aliphatic carboxylic acids is 1. The van der Waals surface area contributed by atoms with Crippen molar-refractivity contribution in [3.05, 3.63) is 42.0 Å². The maximum atomic E-state index is 12.3. The lowest BCUT2D eigenvalue weighted by molar-refractivity contribution is -0.146. The standard InChI is InChI=1S/C16H19NO3/c1-2-11-7-3-6-10-14(11)17-15(18)12-8-4-5-9-13(12)16(19)20/h3-7,10,12-13H,2,8-9H2,1H3,(H,17,18)(H,19,20). The molecule has 2 atom stereocenters. The number of hydrogen-bond donors (Lipinski definition) is 2. The van der Waals surface area contributed by atoms with E-state index in [0.717, 1.165) is 17.7 Å². The van der Waals surface area contributed by atoms with E-state index in [1.165, 1.54) is 0 Å². The number of benzene rings is 1. The van der Waals surface area contributed by atoms with Crippen LogP contribution in [0.25, 0.3) is 0 Å². The summed E-state index contributed by atoms with van der Waals surface area (Å²) in [5.41, 5.74) is 1.83. The fraction of sp³-hybridized carbons (Fsp3) is 0.375. The molecule has 106 valence electrons. The molecule has 0 spiro atoms. The summed E-state index contributed by atoms with van der Waals surface area (Å²) in [6, 6.07) is 7.61. The molecule has 4 nitrogen and oxygen atoms in total. The van der Waals surface area contributed by atoms with Crippen molar-refractivity contribution < 1.29 is 14.7 Å². The molecule has 2 N–H and O–H groups in total. The number of allylic oxidation sites excluding steroid dienone is 2. The molecule has 0 fully saturated rings. The Morgan fingerprint density at radius 2 is 1.85 bits per heavy atom. The van der Waals surface area contributed by atoms with E-state index in [0.29, 0.717) is 12.8 Å². The van der Waals surface area contributed by atoms with Crippen LogP contribution in [0.3, 0.4) is 0 Å². The van der Waals surface area contributed by atoms with Crippen molar-refractivity contribution >= 4 is 17.6 Å². The van der Waals surface area contributed by atoms with Crippen LogP contribution in [0.4, 0.5) is 5.69 Å². The van der Waals surface area contributed by atoms with E-state index in [9.17, 15) is 14.7 Å². The fourth-order valence-corrected chi connectivity index (χ4v) is 2.55. The minimum absolute atomic E-state index is 0.206. The van der Waals surface area contributed by atoms with E-state index in [1.807, 2.05) is 43.3 Å². The highest BCUT2D eigenvalue weighted by molar-refractivity contribution is 5.96. The molecule has 20 heavy (non-hydrogen) atoms. The average molecular weight is 273 g/mol. The van der Waals surface area contributed by atoms with Crippen LogP contribution >= 0.6 is 0 Å². The predicted molar refractivity (Wildman–Crippen MR) is 77.4 cm³/mol. The number of nitrogens with one attached hydrogen (secondary N) is 1. The van der Waals surface area contributed by atoms with Crippen LogP contribution < -0.4 is 5.32 Å². The highest BCUT2D eigenvalue weighted by atomic mass is 16.4. The number of rotatable bonds is 4. The molecule has 1 amide bonds. The first kappa shape index (κ1) is 14.3. The Balaban J connectivity index is 2.14. The van der Waals surface area contributed by atoms with Gasteiger partial charge in [0.2, 0.25) is 5.91 Å². The molecule has 4 heteroatoms. The summed E-state index contributed by atoms with van der Waals surface area (Å²) in [4.78, 5) is 23.6. The van der Waals surface area contributed by atoms with Gasteiger partial charge in [-0.15, -0.1) is 0 Å². The Hall–Kier alpha value is -2.10. The molecular weight excluding hydrogens is 254 g/mol. The zero-order valence-electron chi connectivity index (χ0n) is 11.5. The van der Waals surface area contributed by atoms with Gasteiger partial charge in [0.25, 0.3) is 0 Å². The summed E-state index contributed by atoms with van der Waals surface area (Å²) < 4.78 is 0. The molecule has 0 radical (unpaired) electrons. The molecule has 1 aromatic carbocycles. The van der Waals surface area contributed by atoms with Crippen molar-refractivity contribution in [3.63, 3.8) is 0 Å².